The Kier molecular flexibility index (Phi) is 8.66. The first-order valence-corrected chi connectivity index (χ1v) is 13.8. The van der Waals surface area contributed by atoms with Gasteiger partial charge in [0.2, 0.25) is 0 Å². The van der Waals surface area contributed by atoms with Gasteiger partial charge in [-0.05, 0) is 66.9 Å². The fourth-order valence-corrected chi connectivity index (χ4v) is 4.96. The van der Waals surface area contributed by atoms with Crippen LogP contribution in [-0.2, 0) is 17.5 Å². The zero-order valence-electron chi connectivity index (χ0n) is 20.9. The number of hydrogen-bond donors (Lipinski definition) is 5. The number of rotatable bonds is 12. The van der Waals surface area contributed by atoms with Crippen molar-refractivity contribution in [1.29, 1.82) is 0 Å². The maximum Gasteiger partial charge on any atom is 0.356 e. The molecule has 1 unspecified atom stereocenters. The van der Waals surface area contributed by atoms with Crippen LogP contribution in [0.25, 0.3) is 10.9 Å². The number of carbonyl (C=O) groups is 1. The summed E-state index contributed by atoms with van der Waals surface area (Å²) in [4.78, 5) is 30.9. The van der Waals surface area contributed by atoms with E-state index in [4.69, 9.17) is 4.74 Å². The average Bonchev–Trinajstić information content (AvgIpc) is 3.24. The van der Waals surface area contributed by atoms with Gasteiger partial charge in [0.15, 0.2) is 0 Å². The first kappa shape index (κ1) is 27.6. The van der Waals surface area contributed by atoms with Gasteiger partial charge in [0.1, 0.15) is 24.2 Å². The minimum absolute atomic E-state index is 0.0512. The van der Waals surface area contributed by atoms with Gasteiger partial charge < -0.3 is 34.6 Å². The second kappa shape index (κ2) is 11.9. The van der Waals surface area contributed by atoms with Crippen LogP contribution in [0.1, 0.15) is 28.5 Å². The van der Waals surface area contributed by atoms with Gasteiger partial charge in [-0.15, -0.1) is 0 Å². The number of fused-ring (bicyclic) bond motifs is 1. The Balaban J connectivity index is 1.43. The molecule has 0 spiro atoms. The maximum absolute atomic E-state index is 12.0. The zero-order valence-corrected chi connectivity index (χ0v) is 21.8. The molecular weight excluding hydrogens is 507 g/mol. The Morgan fingerprint density at radius 1 is 1.00 bits per heavy atom. The van der Waals surface area contributed by atoms with E-state index in [1.807, 2.05) is 55.5 Å². The van der Waals surface area contributed by atoms with Crippen LogP contribution in [-0.4, -0.2) is 55.8 Å². The molecule has 2 atom stereocenters. The van der Waals surface area contributed by atoms with Crippen LogP contribution in [0.2, 0.25) is 0 Å². The number of nitrogens with one attached hydrogen (secondary N) is 1. The minimum Gasteiger partial charge on any atom is -0.491 e. The molecular formula is C28H31N2O7P. The van der Waals surface area contributed by atoms with Crippen LogP contribution >= 0.6 is 7.60 Å². The van der Waals surface area contributed by atoms with Crippen LogP contribution in [0, 0.1) is 0 Å². The molecule has 3 aromatic carbocycles. The molecule has 4 aromatic rings. The van der Waals surface area contributed by atoms with E-state index in [-0.39, 0.29) is 30.2 Å². The SMILES string of the molecule is CC(Cc1ccc2c(c1)cc(C(=O)O)n2Cc1cccc(P(=O)(O)O)c1)NC[C@H](O)COc1ccccc1. The number of carboxylic acid groups (broad SMARTS) is 1. The fraction of sp³-hybridized carbons (Fsp3) is 0.250. The lowest BCUT2D eigenvalue weighted by molar-refractivity contribution is 0.0686. The van der Waals surface area contributed by atoms with E-state index >= 15 is 0 Å². The largest absolute Gasteiger partial charge is 0.491 e. The van der Waals surface area contributed by atoms with E-state index < -0.39 is 19.7 Å². The molecule has 0 saturated carbocycles. The highest BCUT2D eigenvalue weighted by atomic mass is 31.2. The van der Waals surface area contributed by atoms with Gasteiger partial charge in [-0.1, -0.05) is 36.4 Å². The Morgan fingerprint density at radius 2 is 1.76 bits per heavy atom. The van der Waals surface area contributed by atoms with Crippen molar-refractivity contribution in [2.24, 2.45) is 0 Å². The summed E-state index contributed by atoms with van der Waals surface area (Å²) in [5, 5.41) is 24.0. The van der Waals surface area contributed by atoms with Crippen molar-refractivity contribution in [2.45, 2.75) is 32.0 Å². The number of ether oxygens (including phenoxy) is 1. The van der Waals surface area contributed by atoms with Crippen molar-refractivity contribution < 1.29 is 34.1 Å². The van der Waals surface area contributed by atoms with Crippen molar-refractivity contribution in [1.82, 2.24) is 9.88 Å². The number of aromatic carboxylic acids is 1. The first-order chi connectivity index (χ1) is 18.1. The van der Waals surface area contributed by atoms with E-state index in [2.05, 4.69) is 5.32 Å². The Labute approximate surface area is 220 Å². The van der Waals surface area contributed by atoms with E-state index in [9.17, 15) is 29.4 Å². The van der Waals surface area contributed by atoms with Crippen LogP contribution < -0.4 is 15.4 Å². The molecule has 9 nitrogen and oxygen atoms in total. The average molecular weight is 539 g/mol. The third-order valence-corrected chi connectivity index (χ3v) is 7.15. The van der Waals surface area contributed by atoms with Crippen LogP contribution in [0.5, 0.6) is 5.75 Å². The Morgan fingerprint density at radius 3 is 2.47 bits per heavy atom. The Hall–Kier alpha value is -3.46. The molecule has 10 heteroatoms. The minimum atomic E-state index is -4.42. The molecule has 0 bridgehead atoms. The number of benzene rings is 3. The van der Waals surface area contributed by atoms with Gasteiger partial charge >= 0.3 is 13.6 Å². The van der Waals surface area contributed by atoms with Gasteiger partial charge in [-0.2, -0.15) is 0 Å². The van der Waals surface area contributed by atoms with Crippen LogP contribution in [0.3, 0.4) is 0 Å². The maximum atomic E-state index is 12.0. The number of hydrogen-bond acceptors (Lipinski definition) is 5. The van der Waals surface area contributed by atoms with Crippen molar-refractivity contribution in [2.75, 3.05) is 13.2 Å². The zero-order chi connectivity index (χ0) is 27.3. The van der Waals surface area contributed by atoms with Crippen molar-refractivity contribution >= 4 is 29.8 Å². The van der Waals surface area contributed by atoms with Gasteiger partial charge in [0.25, 0.3) is 0 Å². The number of aliphatic hydroxyl groups excluding tert-OH is 1. The lowest BCUT2D eigenvalue weighted by atomic mass is 10.0. The molecule has 38 heavy (non-hydrogen) atoms. The molecule has 5 N–H and O–H groups in total. The second-order valence-electron chi connectivity index (χ2n) is 9.32. The highest BCUT2D eigenvalue weighted by Crippen LogP contribution is 2.33. The lowest BCUT2D eigenvalue weighted by Gasteiger charge is -2.18. The number of nitrogens with zero attached hydrogens (tertiary/aromatic N) is 1. The van der Waals surface area contributed by atoms with E-state index in [0.29, 0.717) is 29.8 Å². The molecule has 0 amide bonds. The standard InChI is InChI=1S/C28H31N2O7P/c1-19(29-16-23(31)18-37-24-7-3-2-4-8-24)12-20-10-11-26-22(13-20)15-27(28(32)33)30(26)17-21-6-5-9-25(14-21)38(34,35)36/h2-11,13-15,19,23,29,31H,12,16-18H2,1H3,(H,32,33)(H2,34,35,36)/t19?,23-/m0/s1. The number of carboxylic acids is 1. The molecule has 0 aliphatic rings. The quantitative estimate of drug-likeness (QED) is 0.173. The van der Waals surface area contributed by atoms with E-state index in [0.717, 1.165) is 10.9 Å². The summed E-state index contributed by atoms with van der Waals surface area (Å²) in [5.41, 5.74) is 2.39. The molecule has 1 aromatic heterocycles. The van der Waals surface area contributed by atoms with Crippen molar-refractivity contribution in [3.05, 3.63) is 95.7 Å². The molecule has 1 heterocycles. The summed E-state index contributed by atoms with van der Waals surface area (Å²) < 4.78 is 18.9. The lowest BCUT2D eigenvalue weighted by Crippen LogP contribution is -2.37. The Bertz CT molecular complexity index is 1450. The fourth-order valence-electron chi connectivity index (χ4n) is 4.34. The second-order valence-corrected chi connectivity index (χ2v) is 10.9. The van der Waals surface area contributed by atoms with E-state index in [1.54, 1.807) is 22.8 Å². The van der Waals surface area contributed by atoms with Gasteiger partial charge in [0.05, 0.1) is 5.30 Å². The number of aliphatic hydroxyl groups is 1. The highest BCUT2D eigenvalue weighted by molar-refractivity contribution is 7.60. The first-order valence-electron chi connectivity index (χ1n) is 12.2. The third kappa shape index (κ3) is 7.10. The number of para-hydroxylation sites is 1. The van der Waals surface area contributed by atoms with Crippen molar-refractivity contribution in [3.8, 4) is 5.75 Å². The number of aromatic nitrogens is 1. The molecule has 0 fully saturated rings. The third-order valence-electron chi connectivity index (χ3n) is 6.20. The predicted molar refractivity (Wildman–Crippen MR) is 145 cm³/mol. The monoisotopic (exact) mass is 538 g/mol. The molecule has 200 valence electrons. The molecule has 0 aliphatic carbocycles. The summed E-state index contributed by atoms with van der Waals surface area (Å²) in [6, 6.07) is 22.7. The topological polar surface area (TPSA) is 141 Å². The summed E-state index contributed by atoms with van der Waals surface area (Å²) >= 11 is 0. The van der Waals surface area contributed by atoms with E-state index in [1.165, 1.54) is 12.1 Å². The van der Waals surface area contributed by atoms with Gasteiger partial charge in [-0.25, -0.2) is 4.79 Å². The summed E-state index contributed by atoms with van der Waals surface area (Å²) in [6.07, 6.45) is -0.00325. The van der Waals surface area contributed by atoms with Crippen LogP contribution in [0.4, 0.5) is 0 Å². The highest BCUT2D eigenvalue weighted by Gasteiger charge is 2.19. The van der Waals surface area contributed by atoms with Gasteiger partial charge in [-0.3, -0.25) is 4.57 Å². The molecule has 0 radical (unpaired) electrons. The summed E-state index contributed by atoms with van der Waals surface area (Å²) in [5.74, 6) is -0.384. The van der Waals surface area contributed by atoms with Crippen molar-refractivity contribution in [3.63, 3.8) is 0 Å². The molecule has 0 saturated heterocycles. The normalized spacial score (nSPS) is 13.4. The molecule has 0 aliphatic heterocycles. The van der Waals surface area contributed by atoms with Crippen LogP contribution in [0.15, 0.2) is 78.9 Å². The smallest absolute Gasteiger partial charge is 0.356 e. The summed E-state index contributed by atoms with van der Waals surface area (Å²) in [7, 11) is -4.42. The summed E-state index contributed by atoms with van der Waals surface area (Å²) in [6.45, 7) is 2.71. The van der Waals surface area contributed by atoms with Gasteiger partial charge in [0, 0.05) is 30.0 Å². The molecule has 4 rings (SSSR count). The predicted octanol–water partition coefficient (Wildman–Crippen LogP) is 3.15.